The number of carbonyl (C=O) groups is 2. The van der Waals surface area contributed by atoms with Crippen LogP contribution in [-0.4, -0.2) is 11.8 Å². The molecule has 0 saturated heterocycles. The molecule has 6 aromatic carbocycles. The predicted octanol–water partition coefficient (Wildman–Crippen LogP) is 6.72. The van der Waals surface area contributed by atoms with E-state index in [4.69, 9.17) is 0 Å². The summed E-state index contributed by atoms with van der Waals surface area (Å²) in [7, 11) is 0. The molecule has 1 radical (unpaired) electrons. The Morgan fingerprint density at radius 2 is 0.857 bits per heavy atom. The van der Waals surface area contributed by atoms with E-state index >= 15 is 0 Å². The smallest absolute Gasteiger partial charge is 0.871 e. The molecule has 0 aliphatic rings. The van der Waals surface area contributed by atoms with Crippen LogP contribution >= 0.6 is 0 Å². The number of carbonyl (C=O) groups excluding carboxylic acids is 2. The number of nitrogens with one attached hydrogen (secondary N) is 2. The van der Waals surface area contributed by atoms with Gasteiger partial charge >= 0.3 is 17.4 Å². The van der Waals surface area contributed by atoms with Gasteiger partial charge in [-0.25, -0.2) is 0 Å². The van der Waals surface area contributed by atoms with Gasteiger partial charge in [-0.1, -0.05) is 108 Å². The Balaban J connectivity index is 0.000000216. The summed E-state index contributed by atoms with van der Waals surface area (Å²) in [5, 5.41) is 71.5. The standard InChI is InChI=1S/2C18H15N3O3.Cr/c2*1-11(22)19-14-7-4-5-12-9-10-16(24)18(17(12)14)21-20-13-6-2-3-8-15(13)23;/h2*2-10,23-24H,1H3,(H,19,22);/q;;+3/p-4. The van der Waals surface area contributed by atoms with E-state index in [0.717, 1.165) is 10.8 Å². The molecule has 2 amide bonds. The topological polar surface area (TPSA) is 200 Å². The fourth-order valence-electron chi connectivity index (χ4n) is 4.76. The number of amides is 2. The number of benzene rings is 6. The van der Waals surface area contributed by atoms with Crippen LogP contribution in [0.1, 0.15) is 13.8 Å². The summed E-state index contributed by atoms with van der Waals surface area (Å²) in [6.07, 6.45) is 0. The fourth-order valence-corrected chi connectivity index (χ4v) is 4.76. The van der Waals surface area contributed by atoms with Crippen LogP contribution in [0.25, 0.3) is 21.5 Å². The number of nitrogens with zero attached hydrogens (tertiary/aromatic N) is 4. The van der Waals surface area contributed by atoms with Crippen molar-refractivity contribution in [2.75, 3.05) is 10.6 Å². The van der Waals surface area contributed by atoms with Gasteiger partial charge in [0.15, 0.2) is 0 Å². The second kappa shape index (κ2) is 16.0. The predicted molar refractivity (Wildman–Crippen MR) is 176 cm³/mol. The van der Waals surface area contributed by atoms with Crippen LogP contribution in [0.2, 0.25) is 0 Å². The number of hydrogen-bond acceptors (Lipinski definition) is 10. The monoisotopic (exact) mass is 690 g/mol. The molecular weight excluding hydrogens is 664 g/mol. The van der Waals surface area contributed by atoms with Gasteiger partial charge in [0.05, 0.1) is 34.1 Å². The van der Waals surface area contributed by atoms with E-state index in [1.54, 1.807) is 72.8 Å². The quantitative estimate of drug-likeness (QED) is 0.182. The summed E-state index contributed by atoms with van der Waals surface area (Å²) in [4.78, 5) is 22.8. The molecule has 0 fully saturated rings. The summed E-state index contributed by atoms with van der Waals surface area (Å²) < 4.78 is 0. The van der Waals surface area contributed by atoms with Crippen molar-refractivity contribution in [3.63, 3.8) is 0 Å². The zero-order valence-electron chi connectivity index (χ0n) is 26.0. The first kappa shape index (κ1) is 35.6. The first-order chi connectivity index (χ1) is 23.1. The maximum absolute atomic E-state index is 12.2. The van der Waals surface area contributed by atoms with Gasteiger partial charge in [0, 0.05) is 24.6 Å². The first-order valence-electron chi connectivity index (χ1n) is 14.5. The number of anilines is 2. The van der Waals surface area contributed by atoms with E-state index in [1.165, 1.54) is 50.2 Å². The van der Waals surface area contributed by atoms with Crippen molar-refractivity contribution in [3.05, 3.63) is 109 Å². The molecule has 13 heteroatoms. The third kappa shape index (κ3) is 8.55. The number of fused-ring (bicyclic) bond motifs is 2. The van der Waals surface area contributed by atoms with Gasteiger partial charge in [-0.15, -0.1) is 0 Å². The van der Waals surface area contributed by atoms with E-state index in [0.29, 0.717) is 22.1 Å². The summed E-state index contributed by atoms with van der Waals surface area (Å²) >= 11 is 0. The molecule has 0 aliphatic carbocycles. The van der Waals surface area contributed by atoms with Crippen molar-refractivity contribution >= 4 is 67.5 Å². The maximum atomic E-state index is 12.2. The van der Waals surface area contributed by atoms with Crippen LogP contribution in [0, 0.1) is 0 Å². The molecule has 0 aliphatic heterocycles. The minimum Gasteiger partial charge on any atom is -0.871 e. The number of hydrogen-bond donors (Lipinski definition) is 2. The molecule has 6 rings (SSSR count). The molecular formula is C36H26CrN6O6-. The first-order valence-corrected chi connectivity index (χ1v) is 14.5. The van der Waals surface area contributed by atoms with Gasteiger partial charge in [-0.05, 0) is 35.0 Å². The Hall–Kier alpha value is -6.29. The Morgan fingerprint density at radius 3 is 1.22 bits per heavy atom. The van der Waals surface area contributed by atoms with Crippen LogP contribution in [0.15, 0.2) is 130 Å². The third-order valence-corrected chi connectivity index (χ3v) is 6.83. The Morgan fingerprint density at radius 1 is 0.469 bits per heavy atom. The Kier molecular flexibility index (Phi) is 11.6. The van der Waals surface area contributed by atoms with Crippen LogP contribution in [0.3, 0.4) is 0 Å². The zero-order chi connectivity index (χ0) is 34.2. The van der Waals surface area contributed by atoms with Crippen molar-refractivity contribution < 1.29 is 47.4 Å². The van der Waals surface area contributed by atoms with E-state index in [9.17, 15) is 30.0 Å². The van der Waals surface area contributed by atoms with Crippen LogP contribution in [-0.2, 0) is 27.0 Å². The summed E-state index contributed by atoms with van der Waals surface area (Å²) in [6, 6.07) is 28.9. The summed E-state index contributed by atoms with van der Waals surface area (Å²) in [6.45, 7) is 2.77. The normalized spacial score (nSPS) is 10.8. The molecule has 49 heavy (non-hydrogen) atoms. The second-order valence-electron chi connectivity index (χ2n) is 10.3. The Labute approximate surface area is 291 Å². The van der Waals surface area contributed by atoms with E-state index in [2.05, 4.69) is 31.1 Å². The number of azo groups is 2. The van der Waals surface area contributed by atoms with Crippen molar-refractivity contribution in [1.82, 2.24) is 0 Å². The second-order valence-corrected chi connectivity index (χ2v) is 10.3. The van der Waals surface area contributed by atoms with Crippen molar-refractivity contribution in [2.45, 2.75) is 13.8 Å². The maximum Gasteiger partial charge on any atom is 3.00 e. The number of para-hydroxylation sites is 2. The van der Waals surface area contributed by atoms with Crippen LogP contribution in [0.4, 0.5) is 34.1 Å². The molecule has 0 heterocycles. The van der Waals surface area contributed by atoms with E-state index < -0.39 is 0 Å². The minimum absolute atomic E-state index is 0. The molecule has 0 aromatic heterocycles. The molecule has 0 unspecified atom stereocenters. The fraction of sp³-hybridized carbons (Fsp3) is 0.0556. The minimum atomic E-state index is -0.340. The van der Waals surface area contributed by atoms with Gasteiger partial charge in [0.25, 0.3) is 0 Å². The molecule has 0 bridgehead atoms. The average molecular weight is 691 g/mol. The van der Waals surface area contributed by atoms with Gasteiger partial charge in [0.1, 0.15) is 0 Å². The van der Waals surface area contributed by atoms with Gasteiger partial charge in [-0.2, -0.15) is 20.5 Å². The summed E-state index contributed by atoms with van der Waals surface area (Å²) in [5.74, 6) is -1.76. The third-order valence-electron chi connectivity index (χ3n) is 6.83. The van der Waals surface area contributed by atoms with Crippen LogP contribution < -0.4 is 31.1 Å². The molecule has 12 nitrogen and oxygen atoms in total. The Bertz CT molecular complexity index is 2070. The molecule has 0 atom stereocenters. The molecule has 243 valence electrons. The average Bonchev–Trinajstić information content (AvgIpc) is 3.05. The van der Waals surface area contributed by atoms with Crippen LogP contribution in [0.5, 0.6) is 23.0 Å². The van der Waals surface area contributed by atoms with Crippen molar-refractivity contribution in [3.8, 4) is 23.0 Å². The molecule has 0 spiro atoms. The SMILES string of the molecule is CC(=O)Nc1cccc2ccc([O-])c(N=Nc3ccccc3[O-])c12.CC(=O)Nc1cccc2ccc([O-])c(N=Nc3ccccc3[O-])c12.[Cr+3]. The summed E-state index contributed by atoms with van der Waals surface area (Å²) in [5.41, 5.74) is 1.40. The molecule has 0 saturated carbocycles. The number of rotatable bonds is 6. The van der Waals surface area contributed by atoms with Crippen molar-refractivity contribution in [1.29, 1.82) is 0 Å². The largest absolute Gasteiger partial charge is 3.00 e. The molecule has 6 aromatic rings. The zero-order valence-corrected chi connectivity index (χ0v) is 27.3. The van der Waals surface area contributed by atoms with Crippen molar-refractivity contribution in [2.24, 2.45) is 20.5 Å². The van der Waals surface area contributed by atoms with Gasteiger partial charge in [0.2, 0.25) is 11.8 Å². The molecule has 2 N–H and O–H groups in total. The van der Waals surface area contributed by atoms with E-state index in [-0.39, 0.29) is 74.9 Å². The van der Waals surface area contributed by atoms with Gasteiger partial charge in [-0.3, -0.25) is 9.59 Å². The van der Waals surface area contributed by atoms with E-state index in [1.807, 2.05) is 0 Å². The van der Waals surface area contributed by atoms with Gasteiger partial charge < -0.3 is 31.1 Å².